The number of rotatable bonds is 3. The van der Waals surface area contributed by atoms with Gasteiger partial charge < -0.3 is 9.84 Å². The van der Waals surface area contributed by atoms with Crippen molar-refractivity contribution in [1.29, 1.82) is 0 Å². The zero-order valence-corrected chi connectivity index (χ0v) is 10.1. The fourth-order valence-corrected chi connectivity index (χ4v) is 1.52. The molecule has 0 unspecified atom stereocenters. The number of hydrogen-bond acceptors (Lipinski definition) is 4. The molecule has 0 bridgehead atoms. The predicted octanol–water partition coefficient (Wildman–Crippen LogP) is 2.73. The number of nitrogens with zero attached hydrogens (tertiary/aromatic N) is 2. The van der Waals surface area contributed by atoms with E-state index in [-0.39, 0.29) is 11.6 Å². The van der Waals surface area contributed by atoms with Crippen LogP contribution in [0.3, 0.4) is 0 Å². The van der Waals surface area contributed by atoms with Crippen molar-refractivity contribution >= 4 is 21.9 Å². The van der Waals surface area contributed by atoms with Gasteiger partial charge in [0.25, 0.3) is 0 Å². The maximum absolute atomic E-state index is 10.7. The predicted molar refractivity (Wildman–Crippen MR) is 63.2 cm³/mol. The summed E-state index contributed by atoms with van der Waals surface area (Å²) in [7, 11) is 0. The summed E-state index contributed by atoms with van der Waals surface area (Å²) in [6, 6.07) is 8.47. The molecular formula is C11H7BrN2O3. The van der Waals surface area contributed by atoms with Gasteiger partial charge in [-0.25, -0.2) is 14.8 Å². The first-order chi connectivity index (χ1) is 8.16. The van der Waals surface area contributed by atoms with E-state index in [1.54, 1.807) is 12.1 Å². The largest absolute Gasteiger partial charge is 0.477 e. The van der Waals surface area contributed by atoms with Crippen LogP contribution in [0.5, 0.6) is 11.6 Å². The van der Waals surface area contributed by atoms with Gasteiger partial charge in [-0.1, -0.05) is 12.1 Å². The highest BCUT2D eigenvalue weighted by Gasteiger charge is 2.08. The van der Waals surface area contributed by atoms with Crippen LogP contribution in [-0.4, -0.2) is 21.0 Å². The molecule has 0 amide bonds. The third kappa shape index (κ3) is 2.79. The Hall–Kier alpha value is -1.95. The molecule has 0 aliphatic rings. The van der Waals surface area contributed by atoms with Crippen molar-refractivity contribution in [2.45, 2.75) is 0 Å². The van der Waals surface area contributed by atoms with Gasteiger partial charge in [-0.15, -0.1) is 0 Å². The van der Waals surface area contributed by atoms with E-state index >= 15 is 0 Å². The van der Waals surface area contributed by atoms with Crippen molar-refractivity contribution in [2.24, 2.45) is 0 Å². The first-order valence-corrected chi connectivity index (χ1v) is 5.44. The Kier molecular flexibility index (Phi) is 3.34. The summed E-state index contributed by atoms with van der Waals surface area (Å²) in [5.74, 6) is -0.379. The zero-order chi connectivity index (χ0) is 12.3. The Morgan fingerprint density at radius 3 is 2.76 bits per heavy atom. The highest BCUT2D eigenvalue weighted by molar-refractivity contribution is 9.10. The van der Waals surface area contributed by atoms with Crippen molar-refractivity contribution in [3.63, 3.8) is 0 Å². The summed E-state index contributed by atoms with van der Waals surface area (Å²) < 4.78 is 6.20. The lowest BCUT2D eigenvalue weighted by Crippen LogP contribution is -2.01. The van der Waals surface area contributed by atoms with Gasteiger partial charge in [0.05, 0.1) is 4.47 Å². The molecule has 1 heterocycles. The highest BCUT2D eigenvalue weighted by Crippen LogP contribution is 2.27. The molecule has 0 atom stereocenters. The standard InChI is InChI=1S/C11H7BrN2O3/c12-7-3-1-2-4-9(7)17-10-5-8(11(15)16)13-6-14-10/h1-6H,(H,15,16). The molecule has 2 rings (SSSR count). The van der Waals surface area contributed by atoms with Crippen LogP contribution in [-0.2, 0) is 0 Å². The fraction of sp³-hybridized carbons (Fsp3) is 0. The second-order valence-corrected chi connectivity index (χ2v) is 3.93. The lowest BCUT2D eigenvalue weighted by atomic mass is 10.3. The lowest BCUT2D eigenvalue weighted by molar-refractivity contribution is 0.0689. The summed E-state index contributed by atoms with van der Waals surface area (Å²) in [4.78, 5) is 18.2. The molecule has 1 N–H and O–H groups in total. The van der Waals surface area contributed by atoms with E-state index in [4.69, 9.17) is 9.84 Å². The number of carboxylic acids is 1. The molecular weight excluding hydrogens is 288 g/mol. The second-order valence-electron chi connectivity index (χ2n) is 3.08. The maximum atomic E-state index is 10.7. The van der Waals surface area contributed by atoms with Crippen molar-refractivity contribution < 1.29 is 14.6 Å². The summed E-state index contributed by atoms with van der Waals surface area (Å²) >= 11 is 3.32. The number of carboxylic acid groups (broad SMARTS) is 1. The number of ether oxygens (including phenoxy) is 1. The second kappa shape index (κ2) is 4.92. The van der Waals surface area contributed by atoms with Crippen molar-refractivity contribution in [2.75, 3.05) is 0 Å². The molecule has 0 radical (unpaired) electrons. The molecule has 1 aromatic heterocycles. The summed E-state index contributed by atoms with van der Waals surface area (Å²) in [6.45, 7) is 0. The van der Waals surface area contributed by atoms with Crippen LogP contribution in [0.25, 0.3) is 0 Å². The van der Waals surface area contributed by atoms with E-state index in [1.165, 1.54) is 6.07 Å². The Labute approximate surface area is 105 Å². The third-order valence-electron chi connectivity index (χ3n) is 1.91. The summed E-state index contributed by atoms with van der Waals surface area (Å²) in [5.41, 5.74) is -0.109. The molecule has 0 aliphatic carbocycles. The van der Waals surface area contributed by atoms with E-state index in [2.05, 4.69) is 25.9 Å². The number of aromatic carboxylic acids is 1. The lowest BCUT2D eigenvalue weighted by Gasteiger charge is -2.06. The smallest absolute Gasteiger partial charge is 0.354 e. The fourth-order valence-electron chi connectivity index (χ4n) is 1.15. The number of halogens is 1. The number of aromatic nitrogens is 2. The van der Waals surface area contributed by atoms with E-state index in [1.807, 2.05) is 12.1 Å². The van der Waals surface area contributed by atoms with Crippen LogP contribution in [0.4, 0.5) is 0 Å². The Balaban J connectivity index is 2.28. The van der Waals surface area contributed by atoms with Crippen LogP contribution in [0.2, 0.25) is 0 Å². The van der Waals surface area contributed by atoms with Crippen molar-refractivity contribution in [1.82, 2.24) is 9.97 Å². The van der Waals surface area contributed by atoms with Gasteiger partial charge >= 0.3 is 5.97 Å². The minimum Gasteiger partial charge on any atom is -0.477 e. The van der Waals surface area contributed by atoms with Crippen molar-refractivity contribution in [3.8, 4) is 11.6 Å². The molecule has 86 valence electrons. The Bertz CT molecular complexity index is 560. The molecule has 0 aliphatic heterocycles. The van der Waals surface area contributed by atoms with Crippen LogP contribution in [0.1, 0.15) is 10.5 Å². The third-order valence-corrected chi connectivity index (χ3v) is 2.57. The quantitative estimate of drug-likeness (QED) is 0.942. The number of para-hydroxylation sites is 1. The summed E-state index contributed by atoms with van der Waals surface area (Å²) in [5, 5.41) is 8.77. The van der Waals surface area contributed by atoms with Gasteiger partial charge in [0.15, 0.2) is 5.69 Å². The maximum Gasteiger partial charge on any atom is 0.354 e. The van der Waals surface area contributed by atoms with Gasteiger partial charge in [-0.05, 0) is 28.1 Å². The van der Waals surface area contributed by atoms with Gasteiger partial charge in [-0.2, -0.15) is 0 Å². The highest BCUT2D eigenvalue weighted by atomic mass is 79.9. The molecule has 5 nitrogen and oxygen atoms in total. The number of carbonyl (C=O) groups is 1. The van der Waals surface area contributed by atoms with E-state index < -0.39 is 5.97 Å². The van der Waals surface area contributed by atoms with E-state index in [0.717, 1.165) is 10.8 Å². The van der Waals surface area contributed by atoms with E-state index in [0.29, 0.717) is 5.75 Å². The van der Waals surface area contributed by atoms with Crippen LogP contribution < -0.4 is 4.74 Å². The first kappa shape index (κ1) is 11.5. The van der Waals surface area contributed by atoms with Gasteiger partial charge in [-0.3, -0.25) is 0 Å². The molecule has 0 spiro atoms. The molecule has 6 heteroatoms. The van der Waals surface area contributed by atoms with Crippen molar-refractivity contribution in [3.05, 3.63) is 46.8 Å². The summed E-state index contributed by atoms with van der Waals surface area (Å²) in [6.07, 6.45) is 1.15. The number of benzene rings is 1. The molecule has 1 aromatic carbocycles. The van der Waals surface area contributed by atoms with Gasteiger partial charge in [0.1, 0.15) is 12.1 Å². The molecule has 17 heavy (non-hydrogen) atoms. The van der Waals surface area contributed by atoms with Crippen LogP contribution in [0.15, 0.2) is 41.1 Å². The topological polar surface area (TPSA) is 72.3 Å². The number of hydrogen-bond donors (Lipinski definition) is 1. The monoisotopic (exact) mass is 294 g/mol. The van der Waals surface area contributed by atoms with Gasteiger partial charge in [0, 0.05) is 6.07 Å². The Morgan fingerprint density at radius 2 is 2.06 bits per heavy atom. The van der Waals surface area contributed by atoms with E-state index in [9.17, 15) is 4.79 Å². The molecule has 2 aromatic rings. The minimum atomic E-state index is -1.12. The normalized spacial score (nSPS) is 9.94. The van der Waals surface area contributed by atoms with Crippen LogP contribution >= 0.6 is 15.9 Å². The van der Waals surface area contributed by atoms with Gasteiger partial charge in [0.2, 0.25) is 5.88 Å². The Morgan fingerprint density at radius 1 is 1.29 bits per heavy atom. The molecule has 0 fully saturated rings. The SMILES string of the molecule is O=C(O)c1cc(Oc2ccccc2Br)ncn1. The average Bonchev–Trinajstić information content (AvgIpc) is 2.32. The molecule has 0 saturated carbocycles. The van der Waals surface area contributed by atoms with Crippen LogP contribution in [0, 0.1) is 0 Å². The first-order valence-electron chi connectivity index (χ1n) is 4.64. The molecule has 0 saturated heterocycles. The average molecular weight is 295 g/mol. The minimum absolute atomic E-state index is 0.109. The zero-order valence-electron chi connectivity index (χ0n) is 8.50.